The molecule has 1 aromatic carbocycles. The first-order valence-electron chi connectivity index (χ1n) is 5.61. The van der Waals surface area contributed by atoms with Crippen molar-refractivity contribution in [1.82, 2.24) is 0 Å². The quantitative estimate of drug-likeness (QED) is 0.857. The molecule has 1 unspecified atom stereocenters. The molecule has 0 bridgehead atoms. The van der Waals surface area contributed by atoms with E-state index in [1.54, 1.807) is 0 Å². The van der Waals surface area contributed by atoms with Crippen LogP contribution in [0.3, 0.4) is 0 Å². The fourth-order valence-corrected chi connectivity index (χ4v) is 2.50. The zero-order valence-electron chi connectivity index (χ0n) is 9.52. The zero-order chi connectivity index (χ0) is 11.4. The van der Waals surface area contributed by atoms with Crippen LogP contribution in [0.15, 0.2) is 41.8 Å². The first-order valence-corrected chi connectivity index (χ1v) is 6.49. The maximum atomic E-state index is 5.69. The lowest BCUT2D eigenvalue weighted by atomic mass is 9.98. The van der Waals surface area contributed by atoms with Crippen LogP contribution in [0.4, 0.5) is 0 Å². The lowest BCUT2D eigenvalue weighted by Gasteiger charge is -2.10. The first-order chi connectivity index (χ1) is 7.79. The van der Waals surface area contributed by atoms with Gasteiger partial charge in [-0.25, -0.2) is 0 Å². The van der Waals surface area contributed by atoms with Crippen LogP contribution in [0.1, 0.15) is 28.8 Å². The molecule has 0 spiro atoms. The van der Waals surface area contributed by atoms with Crippen LogP contribution in [0, 0.1) is 0 Å². The molecule has 0 fully saturated rings. The summed E-state index contributed by atoms with van der Waals surface area (Å²) in [4.78, 5) is 1.41. The van der Waals surface area contributed by atoms with Crippen LogP contribution >= 0.6 is 11.3 Å². The van der Waals surface area contributed by atoms with Crippen molar-refractivity contribution in [3.63, 3.8) is 0 Å². The number of hydrogen-bond donors (Lipinski definition) is 1. The van der Waals surface area contributed by atoms with E-state index in [0.29, 0.717) is 12.5 Å². The summed E-state index contributed by atoms with van der Waals surface area (Å²) < 4.78 is 0. The topological polar surface area (TPSA) is 26.0 Å². The largest absolute Gasteiger partial charge is 0.330 e. The maximum Gasteiger partial charge on any atom is 0.00890 e. The van der Waals surface area contributed by atoms with Gasteiger partial charge in [-0.05, 0) is 35.0 Å². The third-order valence-electron chi connectivity index (χ3n) is 2.83. The third-order valence-corrected chi connectivity index (χ3v) is 3.71. The van der Waals surface area contributed by atoms with Crippen molar-refractivity contribution in [1.29, 1.82) is 0 Å². The van der Waals surface area contributed by atoms with Gasteiger partial charge in [-0.2, -0.15) is 0 Å². The van der Waals surface area contributed by atoms with Gasteiger partial charge < -0.3 is 5.73 Å². The highest BCUT2D eigenvalue weighted by Crippen LogP contribution is 2.19. The molecule has 1 heterocycles. The molecule has 2 rings (SSSR count). The van der Waals surface area contributed by atoms with E-state index in [0.717, 1.165) is 6.42 Å². The molecule has 2 N–H and O–H groups in total. The van der Waals surface area contributed by atoms with E-state index >= 15 is 0 Å². The molecule has 84 valence electrons. The molecular weight excluding hydrogens is 214 g/mol. The minimum Gasteiger partial charge on any atom is -0.330 e. The molecule has 1 aromatic heterocycles. The van der Waals surface area contributed by atoms with Gasteiger partial charge in [0, 0.05) is 11.3 Å². The van der Waals surface area contributed by atoms with Crippen molar-refractivity contribution in [3.05, 3.63) is 57.8 Å². The molecule has 0 saturated heterocycles. The van der Waals surface area contributed by atoms with Gasteiger partial charge in [0.15, 0.2) is 0 Å². The van der Waals surface area contributed by atoms with Crippen LogP contribution < -0.4 is 5.73 Å². The average molecular weight is 231 g/mol. The summed E-state index contributed by atoms with van der Waals surface area (Å²) >= 11 is 1.81. The SMILES string of the molecule is CC(CN)c1cccc(Cc2cccs2)c1. The van der Waals surface area contributed by atoms with Crippen molar-refractivity contribution in [3.8, 4) is 0 Å². The Hall–Kier alpha value is -1.12. The van der Waals surface area contributed by atoms with Crippen molar-refractivity contribution in [2.75, 3.05) is 6.54 Å². The minimum absolute atomic E-state index is 0.447. The van der Waals surface area contributed by atoms with Crippen molar-refractivity contribution in [2.24, 2.45) is 5.73 Å². The zero-order valence-corrected chi connectivity index (χ0v) is 10.3. The van der Waals surface area contributed by atoms with E-state index in [2.05, 4.69) is 48.7 Å². The van der Waals surface area contributed by atoms with Gasteiger partial charge in [0.2, 0.25) is 0 Å². The summed E-state index contributed by atoms with van der Waals surface area (Å²) in [6.45, 7) is 2.88. The maximum absolute atomic E-state index is 5.69. The summed E-state index contributed by atoms with van der Waals surface area (Å²) in [5.74, 6) is 0.447. The van der Waals surface area contributed by atoms with E-state index in [-0.39, 0.29) is 0 Å². The number of nitrogens with two attached hydrogens (primary N) is 1. The number of hydrogen-bond acceptors (Lipinski definition) is 2. The van der Waals surface area contributed by atoms with Gasteiger partial charge in [-0.15, -0.1) is 11.3 Å². The molecule has 0 aliphatic heterocycles. The molecule has 1 nitrogen and oxygen atoms in total. The Labute approximate surface area is 101 Å². The Bertz CT molecular complexity index is 434. The lowest BCUT2D eigenvalue weighted by molar-refractivity contribution is 0.772. The van der Waals surface area contributed by atoms with Crippen LogP contribution in [0.2, 0.25) is 0 Å². The predicted octanol–water partition coefficient (Wildman–Crippen LogP) is 3.40. The number of rotatable bonds is 4. The van der Waals surface area contributed by atoms with Crippen molar-refractivity contribution in [2.45, 2.75) is 19.3 Å². The molecule has 2 aromatic rings. The van der Waals surface area contributed by atoms with Gasteiger partial charge in [0.25, 0.3) is 0 Å². The molecular formula is C14H17NS. The van der Waals surface area contributed by atoms with Gasteiger partial charge in [0.1, 0.15) is 0 Å². The normalized spacial score (nSPS) is 12.6. The van der Waals surface area contributed by atoms with E-state index in [1.165, 1.54) is 16.0 Å². The van der Waals surface area contributed by atoms with Gasteiger partial charge in [-0.3, -0.25) is 0 Å². The highest BCUT2D eigenvalue weighted by atomic mass is 32.1. The molecule has 0 saturated carbocycles. The lowest BCUT2D eigenvalue weighted by Crippen LogP contribution is -2.08. The number of thiophene rings is 1. The van der Waals surface area contributed by atoms with Crippen LogP contribution in [-0.4, -0.2) is 6.54 Å². The summed E-state index contributed by atoms with van der Waals surface area (Å²) in [5, 5.41) is 2.13. The molecule has 0 aliphatic carbocycles. The molecule has 0 amide bonds. The molecule has 0 radical (unpaired) electrons. The fraction of sp³-hybridized carbons (Fsp3) is 0.286. The van der Waals surface area contributed by atoms with E-state index in [4.69, 9.17) is 5.73 Å². The van der Waals surface area contributed by atoms with Crippen LogP contribution in [-0.2, 0) is 6.42 Å². The average Bonchev–Trinajstić information content (AvgIpc) is 2.81. The van der Waals surface area contributed by atoms with Crippen molar-refractivity contribution < 1.29 is 0 Å². The van der Waals surface area contributed by atoms with E-state index in [1.807, 2.05) is 11.3 Å². The minimum atomic E-state index is 0.447. The van der Waals surface area contributed by atoms with E-state index in [9.17, 15) is 0 Å². The Balaban J connectivity index is 2.16. The molecule has 2 heteroatoms. The smallest absolute Gasteiger partial charge is 0.00890 e. The monoisotopic (exact) mass is 231 g/mol. The predicted molar refractivity (Wildman–Crippen MR) is 71.0 cm³/mol. The van der Waals surface area contributed by atoms with Gasteiger partial charge in [0.05, 0.1) is 0 Å². The van der Waals surface area contributed by atoms with Crippen molar-refractivity contribution >= 4 is 11.3 Å². The van der Waals surface area contributed by atoms with Crippen LogP contribution in [0.25, 0.3) is 0 Å². The summed E-state index contributed by atoms with van der Waals surface area (Å²) in [7, 11) is 0. The highest BCUT2D eigenvalue weighted by molar-refractivity contribution is 7.09. The first kappa shape index (κ1) is 11.4. The standard InChI is InChI=1S/C14H17NS/c1-11(10-15)13-5-2-4-12(8-13)9-14-6-3-7-16-14/h2-8,11H,9-10,15H2,1H3. The Morgan fingerprint density at radius 3 is 2.81 bits per heavy atom. The fourth-order valence-electron chi connectivity index (χ4n) is 1.76. The summed E-state index contributed by atoms with van der Waals surface area (Å²) in [6, 6.07) is 13.0. The van der Waals surface area contributed by atoms with Gasteiger partial charge >= 0.3 is 0 Å². The van der Waals surface area contributed by atoms with Gasteiger partial charge in [-0.1, -0.05) is 37.3 Å². The summed E-state index contributed by atoms with van der Waals surface area (Å²) in [6.07, 6.45) is 1.03. The second-order valence-electron chi connectivity index (χ2n) is 4.14. The third kappa shape index (κ3) is 2.71. The second-order valence-corrected chi connectivity index (χ2v) is 5.17. The molecule has 1 atom stereocenters. The summed E-state index contributed by atoms with van der Waals surface area (Å²) in [5.41, 5.74) is 8.41. The Morgan fingerprint density at radius 1 is 1.25 bits per heavy atom. The Kier molecular flexibility index (Phi) is 3.75. The number of benzene rings is 1. The highest BCUT2D eigenvalue weighted by Gasteiger charge is 2.04. The van der Waals surface area contributed by atoms with E-state index < -0.39 is 0 Å². The molecule has 0 aliphatic rings. The second kappa shape index (κ2) is 5.28. The molecule has 16 heavy (non-hydrogen) atoms. The van der Waals surface area contributed by atoms with Crippen LogP contribution in [0.5, 0.6) is 0 Å². The Morgan fingerprint density at radius 2 is 2.12 bits per heavy atom.